The van der Waals surface area contributed by atoms with Crippen molar-refractivity contribution in [2.45, 2.75) is 46.1 Å². The number of carbonyl (C=O) groups excluding carboxylic acids is 1. The molecule has 0 radical (unpaired) electrons. The smallest absolute Gasteiger partial charge is 0.223 e. The zero-order valence-corrected chi connectivity index (χ0v) is 12.7. The third-order valence-electron chi connectivity index (χ3n) is 3.66. The molecule has 0 unspecified atom stereocenters. The molecule has 2 heterocycles. The van der Waals surface area contributed by atoms with Crippen LogP contribution in [0.1, 0.15) is 47.8 Å². The Hall–Kier alpha value is -0.940. The number of amides is 1. The zero-order valence-electron chi connectivity index (χ0n) is 11.9. The summed E-state index contributed by atoms with van der Waals surface area (Å²) in [4.78, 5) is 18.0. The molecular weight excluding hydrogens is 260 g/mol. The topological polar surface area (TPSA) is 51.2 Å². The Morgan fingerprint density at radius 2 is 2.16 bits per heavy atom. The van der Waals surface area contributed by atoms with E-state index >= 15 is 0 Å². The van der Waals surface area contributed by atoms with Crippen molar-refractivity contribution in [1.82, 2.24) is 10.3 Å². The van der Waals surface area contributed by atoms with Crippen LogP contribution in [0.5, 0.6) is 0 Å². The molecule has 1 atom stereocenters. The lowest BCUT2D eigenvalue weighted by atomic mass is 9.99. The van der Waals surface area contributed by atoms with Gasteiger partial charge in [0.05, 0.1) is 11.7 Å². The maximum absolute atomic E-state index is 12.2. The van der Waals surface area contributed by atoms with Crippen LogP contribution in [0.4, 0.5) is 0 Å². The van der Waals surface area contributed by atoms with E-state index in [9.17, 15) is 4.79 Å². The standard InChI is InChI=1S/C14H22N2O2S/c1-4-12(14-15-9(2)10(3)19-14)16-13(17)11-5-7-18-8-6-11/h11-12H,4-8H2,1-3H3,(H,16,17)/t12-/m0/s1. The maximum atomic E-state index is 12.2. The predicted molar refractivity (Wildman–Crippen MR) is 76.3 cm³/mol. The summed E-state index contributed by atoms with van der Waals surface area (Å²) >= 11 is 1.69. The number of thiazole rings is 1. The number of hydrogen-bond acceptors (Lipinski definition) is 4. The van der Waals surface area contributed by atoms with Crippen molar-refractivity contribution in [1.29, 1.82) is 0 Å². The van der Waals surface area contributed by atoms with Gasteiger partial charge < -0.3 is 10.1 Å². The molecular formula is C14H22N2O2S. The minimum atomic E-state index is 0.0488. The number of nitrogens with zero attached hydrogens (tertiary/aromatic N) is 1. The quantitative estimate of drug-likeness (QED) is 0.924. The fourth-order valence-corrected chi connectivity index (χ4v) is 3.29. The molecule has 1 saturated heterocycles. The third-order valence-corrected chi connectivity index (χ3v) is 4.85. The largest absolute Gasteiger partial charge is 0.381 e. The highest BCUT2D eigenvalue weighted by Crippen LogP contribution is 2.26. The first-order valence-corrected chi connectivity index (χ1v) is 7.75. The van der Waals surface area contributed by atoms with E-state index in [0.717, 1.165) is 30.0 Å². The highest BCUT2D eigenvalue weighted by atomic mass is 32.1. The maximum Gasteiger partial charge on any atom is 0.223 e. The highest BCUT2D eigenvalue weighted by Gasteiger charge is 2.25. The van der Waals surface area contributed by atoms with Crippen LogP contribution in [0.2, 0.25) is 0 Å². The number of aryl methyl sites for hydroxylation is 2. The van der Waals surface area contributed by atoms with Gasteiger partial charge in [-0.25, -0.2) is 4.98 Å². The summed E-state index contributed by atoms with van der Waals surface area (Å²) in [7, 11) is 0. The Morgan fingerprint density at radius 1 is 1.47 bits per heavy atom. The first-order valence-electron chi connectivity index (χ1n) is 6.93. The molecule has 1 aromatic rings. The molecule has 0 bridgehead atoms. The van der Waals surface area contributed by atoms with Gasteiger partial charge in [0.2, 0.25) is 5.91 Å². The van der Waals surface area contributed by atoms with Crippen LogP contribution in [0.15, 0.2) is 0 Å². The molecule has 1 amide bonds. The van der Waals surface area contributed by atoms with Crippen LogP contribution in [-0.2, 0) is 9.53 Å². The molecule has 1 aromatic heterocycles. The molecule has 0 aromatic carbocycles. The van der Waals surface area contributed by atoms with Crippen molar-refractivity contribution in [2.75, 3.05) is 13.2 Å². The molecule has 0 aliphatic carbocycles. The van der Waals surface area contributed by atoms with Crippen LogP contribution < -0.4 is 5.32 Å². The minimum absolute atomic E-state index is 0.0488. The number of carbonyl (C=O) groups is 1. The van der Waals surface area contributed by atoms with Crippen molar-refractivity contribution in [3.63, 3.8) is 0 Å². The second kappa shape index (κ2) is 6.48. The monoisotopic (exact) mass is 282 g/mol. The first-order chi connectivity index (χ1) is 9.11. The number of hydrogen-bond donors (Lipinski definition) is 1. The normalized spacial score (nSPS) is 18.3. The van der Waals surface area contributed by atoms with Crippen LogP contribution in [0.25, 0.3) is 0 Å². The summed E-state index contributed by atoms with van der Waals surface area (Å²) in [5, 5.41) is 4.17. The Kier molecular flexibility index (Phi) is 4.93. The van der Waals surface area contributed by atoms with Gasteiger partial charge in [0, 0.05) is 24.0 Å². The molecule has 19 heavy (non-hydrogen) atoms. The first kappa shape index (κ1) is 14.5. The van der Waals surface area contributed by atoms with Crippen molar-refractivity contribution in [3.8, 4) is 0 Å². The molecule has 1 aliphatic rings. The number of nitrogens with one attached hydrogen (secondary N) is 1. The van der Waals surface area contributed by atoms with E-state index in [2.05, 4.69) is 24.1 Å². The zero-order chi connectivity index (χ0) is 13.8. The second-order valence-corrected chi connectivity index (χ2v) is 6.28. The average Bonchev–Trinajstić information content (AvgIpc) is 2.76. The average molecular weight is 282 g/mol. The van der Waals surface area contributed by atoms with Gasteiger partial charge in [0.15, 0.2) is 0 Å². The Bertz CT molecular complexity index is 419. The summed E-state index contributed by atoms with van der Waals surface area (Å²) in [5.41, 5.74) is 1.07. The van der Waals surface area contributed by atoms with Gasteiger partial charge in [-0.3, -0.25) is 4.79 Å². The molecule has 2 rings (SSSR count). The van der Waals surface area contributed by atoms with Crippen LogP contribution >= 0.6 is 11.3 Å². The molecule has 1 N–H and O–H groups in total. The van der Waals surface area contributed by atoms with Gasteiger partial charge in [-0.2, -0.15) is 0 Å². The van der Waals surface area contributed by atoms with E-state index in [4.69, 9.17) is 4.74 Å². The third kappa shape index (κ3) is 3.54. The van der Waals surface area contributed by atoms with Gasteiger partial charge in [-0.1, -0.05) is 6.92 Å². The van der Waals surface area contributed by atoms with Gasteiger partial charge in [-0.05, 0) is 33.1 Å². The van der Waals surface area contributed by atoms with E-state index < -0.39 is 0 Å². The summed E-state index contributed by atoms with van der Waals surface area (Å²) in [6.45, 7) is 7.57. The molecule has 1 fully saturated rings. The molecule has 5 heteroatoms. The Morgan fingerprint density at radius 3 is 2.68 bits per heavy atom. The SMILES string of the molecule is CC[C@H](NC(=O)C1CCOCC1)c1nc(C)c(C)s1. The van der Waals surface area contributed by atoms with Crippen molar-refractivity contribution < 1.29 is 9.53 Å². The predicted octanol–water partition coefficient (Wildman–Crippen LogP) is 2.75. The van der Waals surface area contributed by atoms with Gasteiger partial charge in [0.1, 0.15) is 5.01 Å². The van der Waals surface area contributed by atoms with Crippen molar-refractivity contribution in [2.24, 2.45) is 5.92 Å². The molecule has 0 saturated carbocycles. The van der Waals surface area contributed by atoms with E-state index in [-0.39, 0.29) is 17.9 Å². The van der Waals surface area contributed by atoms with E-state index in [1.54, 1.807) is 11.3 Å². The summed E-state index contributed by atoms with van der Waals surface area (Å²) in [6, 6.07) is 0.0488. The minimum Gasteiger partial charge on any atom is -0.381 e. The summed E-state index contributed by atoms with van der Waals surface area (Å²) in [5.74, 6) is 0.255. The molecule has 1 aliphatic heterocycles. The highest BCUT2D eigenvalue weighted by molar-refractivity contribution is 7.11. The Balaban J connectivity index is 2.00. The van der Waals surface area contributed by atoms with Gasteiger partial charge in [-0.15, -0.1) is 11.3 Å². The Labute approximate surface area is 118 Å². The van der Waals surface area contributed by atoms with E-state index in [0.29, 0.717) is 13.2 Å². The number of rotatable bonds is 4. The lowest BCUT2D eigenvalue weighted by Gasteiger charge is -2.23. The van der Waals surface area contributed by atoms with Gasteiger partial charge >= 0.3 is 0 Å². The summed E-state index contributed by atoms with van der Waals surface area (Å²) < 4.78 is 5.29. The van der Waals surface area contributed by atoms with Crippen molar-refractivity contribution >= 4 is 17.2 Å². The second-order valence-electron chi connectivity index (χ2n) is 5.05. The van der Waals surface area contributed by atoms with Crippen LogP contribution in [0, 0.1) is 19.8 Å². The fourth-order valence-electron chi connectivity index (χ4n) is 2.23. The number of aromatic nitrogens is 1. The molecule has 0 spiro atoms. The van der Waals surface area contributed by atoms with E-state index in [1.807, 2.05) is 6.92 Å². The van der Waals surface area contributed by atoms with Crippen molar-refractivity contribution in [3.05, 3.63) is 15.6 Å². The number of ether oxygens (including phenoxy) is 1. The van der Waals surface area contributed by atoms with Gasteiger partial charge in [0.25, 0.3) is 0 Å². The lowest BCUT2D eigenvalue weighted by Crippen LogP contribution is -2.36. The summed E-state index contributed by atoms with van der Waals surface area (Å²) in [6.07, 6.45) is 2.54. The van der Waals surface area contributed by atoms with Crippen LogP contribution in [-0.4, -0.2) is 24.1 Å². The lowest BCUT2D eigenvalue weighted by molar-refractivity contribution is -0.128. The van der Waals surface area contributed by atoms with E-state index in [1.165, 1.54) is 4.88 Å². The van der Waals surface area contributed by atoms with Crippen LogP contribution in [0.3, 0.4) is 0 Å². The molecule has 4 nitrogen and oxygen atoms in total. The fraction of sp³-hybridized carbons (Fsp3) is 0.714. The molecule has 106 valence electrons.